The number of aromatic amines is 1. The number of nitro groups is 1. The Hall–Kier alpha value is -2.24. The Bertz CT molecular complexity index is 510. The molecule has 1 heterocycles. The van der Waals surface area contributed by atoms with Crippen LogP contribution in [0, 0.1) is 15.9 Å². The SMILES string of the molecule is O=[N+]([O-])c1cnc(-c2ccccc2F)[nH]1. The van der Waals surface area contributed by atoms with Gasteiger partial charge in [-0.15, -0.1) is 0 Å². The van der Waals surface area contributed by atoms with E-state index in [2.05, 4.69) is 9.97 Å². The minimum Gasteiger partial charge on any atom is -0.358 e. The van der Waals surface area contributed by atoms with Gasteiger partial charge in [0.2, 0.25) is 5.82 Å². The fraction of sp³-hybridized carbons (Fsp3) is 0. The minimum absolute atomic E-state index is 0.153. The summed E-state index contributed by atoms with van der Waals surface area (Å²) in [4.78, 5) is 15.9. The highest BCUT2D eigenvalue weighted by Crippen LogP contribution is 2.21. The predicted molar refractivity (Wildman–Crippen MR) is 50.6 cm³/mol. The second-order valence-electron chi connectivity index (χ2n) is 2.85. The molecule has 6 heteroatoms. The van der Waals surface area contributed by atoms with Crippen LogP contribution in [0.25, 0.3) is 11.4 Å². The lowest BCUT2D eigenvalue weighted by molar-refractivity contribution is -0.389. The summed E-state index contributed by atoms with van der Waals surface area (Å²) < 4.78 is 13.3. The van der Waals surface area contributed by atoms with Crippen molar-refractivity contribution in [3.8, 4) is 11.4 Å². The standard InChI is InChI=1S/C9H6FN3O2/c10-7-4-2-1-3-6(7)9-11-5-8(12-9)13(14)15/h1-5H,(H,11,12). The van der Waals surface area contributed by atoms with E-state index in [1.54, 1.807) is 6.07 Å². The molecule has 1 aromatic heterocycles. The average molecular weight is 207 g/mol. The maximum Gasteiger partial charge on any atom is 0.340 e. The largest absolute Gasteiger partial charge is 0.358 e. The molecule has 0 bridgehead atoms. The third-order valence-electron chi connectivity index (χ3n) is 1.89. The van der Waals surface area contributed by atoms with E-state index in [4.69, 9.17) is 0 Å². The first kappa shape index (κ1) is 9.32. The van der Waals surface area contributed by atoms with Crippen molar-refractivity contribution >= 4 is 5.82 Å². The van der Waals surface area contributed by atoms with Crippen LogP contribution in [0.1, 0.15) is 0 Å². The van der Waals surface area contributed by atoms with Crippen molar-refractivity contribution in [1.82, 2.24) is 9.97 Å². The molecule has 0 radical (unpaired) electrons. The molecular formula is C9H6FN3O2. The summed E-state index contributed by atoms with van der Waals surface area (Å²) in [5, 5.41) is 10.4. The fourth-order valence-electron chi connectivity index (χ4n) is 1.19. The summed E-state index contributed by atoms with van der Waals surface area (Å²) in [7, 11) is 0. The highest BCUT2D eigenvalue weighted by atomic mass is 19.1. The van der Waals surface area contributed by atoms with Gasteiger partial charge in [0.1, 0.15) is 12.0 Å². The van der Waals surface area contributed by atoms with Crippen LogP contribution in [0.4, 0.5) is 10.2 Å². The van der Waals surface area contributed by atoms with Gasteiger partial charge in [-0.1, -0.05) is 12.1 Å². The zero-order valence-corrected chi connectivity index (χ0v) is 7.48. The first-order valence-electron chi connectivity index (χ1n) is 4.13. The number of rotatable bonds is 2. The maximum atomic E-state index is 13.3. The summed E-state index contributed by atoms with van der Waals surface area (Å²) in [6.07, 6.45) is 1.06. The zero-order valence-electron chi connectivity index (χ0n) is 7.48. The van der Waals surface area contributed by atoms with Crippen LogP contribution in [-0.4, -0.2) is 14.9 Å². The Balaban J connectivity index is 2.46. The van der Waals surface area contributed by atoms with E-state index in [0.717, 1.165) is 6.20 Å². The number of H-pyrrole nitrogens is 1. The Morgan fingerprint density at radius 1 is 1.40 bits per heavy atom. The fourth-order valence-corrected chi connectivity index (χ4v) is 1.19. The molecule has 76 valence electrons. The highest BCUT2D eigenvalue weighted by Gasteiger charge is 2.14. The van der Waals surface area contributed by atoms with Crippen molar-refractivity contribution in [1.29, 1.82) is 0 Å². The van der Waals surface area contributed by atoms with Crippen LogP contribution in [0.2, 0.25) is 0 Å². The maximum absolute atomic E-state index is 13.3. The smallest absolute Gasteiger partial charge is 0.340 e. The number of nitrogens with one attached hydrogen (secondary N) is 1. The molecule has 0 unspecified atom stereocenters. The van der Waals surface area contributed by atoms with Gasteiger partial charge in [0.05, 0.1) is 5.56 Å². The molecule has 1 aromatic carbocycles. The van der Waals surface area contributed by atoms with Crippen molar-refractivity contribution in [2.75, 3.05) is 0 Å². The summed E-state index contributed by atoms with van der Waals surface area (Å²) in [6.45, 7) is 0. The van der Waals surface area contributed by atoms with Gasteiger partial charge in [-0.3, -0.25) is 0 Å². The first-order chi connectivity index (χ1) is 7.18. The molecule has 0 aliphatic rings. The van der Waals surface area contributed by atoms with Crippen molar-refractivity contribution in [2.24, 2.45) is 0 Å². The molecule has 0 saturated heterocycles. The molecule has 0 aliphatic carbocycles. The first-order valence-corrected chi connectivity index (χ1v) is 4.13. The van der Waals surface area contributed by atoms with Gasteiger partial charge in [-0.25, -0.2) is 14.4 Å². The number of benzene rings is 1. The Labute approximate surface area is 83.7 Å². The predicted octanol–water partition coefficient (Wildman–Crippen LogP) is 2.12. The van der Waals surface area contributed by atoms with Crippen molar-refractivity contribution in [2.45, 2.75) is 0 Å². The van der Waals surface area contributed by atoms with Gasteiger partial charge < -0.3 is 10.1 Å². The molecule has 0 saturated carbocycles. The van der Waals surface area contributed by atoms with Crippen LogP contribution in [0.5, 0.6) is 0 Å². The van der Waals surface area contributed by atoms with Crippen molar-refractivity contribution in [3.05, 3.63) is 46.4 Å². The molecule has 1 N–H and O–H groups in total. The van der Waals surface area contributed by atoms with Gasteiger partial charge in [0.15, 0.2) is 0 Å². The summed E-state index contributed by atoms with van der Waals surface area (Å²) in [5.74, 6) is -0.574. The summed E-state index contributed by atoms with van der Waals surface area (Å²) in [5.41, 5.74) is 0.214. The van der Waals surface area contributed by atoms with E-state index < -0.39 is 10.7 Å². The van der Waals surface area contributed by atoms with Gasteiger partial charge in [-0.2, -0.15) is 0 Å². The molecule has 2 rings (SSSR count). The van der Waals surface area contributed by atoms with Crippen molar-refractivity contribution < 1.29 is 9.31 Å². The third kappa shape index (κ3) is 1.69. The molecule has 2 aromatic rings. The second kappa shape index (κ2) is 3.49. The Morgan fingerprint density at radius 2 is 2.13 bits per heavy atom. The topological polar surface area (TPSA) is 71.8 Å². The molecule has 0 spiro atoms. The highest BCUT2D eigenvalue weighted by molar-refractivity contribution is 5.56. The number of hydrogen-bond donors (Lipinski definition) is 1. The lowest BCUT2D eigenvalue weighted by Gasteiger charge is -1.94. The van der Waals surface area contributed by atoms with E-state index >= 15 is 0 Å². The number of nitrogens with zero attached hydrogens (tertiary/aromatic N) is 2. The molecule has 15 heavy (non-hydrogen) atoms. The normalized spacial score (nSPS) is 10.2. The van der Waals surface area contributed by atoms with Gasteiger partial charge >= 0.3 is 5.82 Å². The van der Waals surface area contributed by atoms with E-state index in [0.29, 0.717) is 0 Å². The molecule has 0 atom stereocenters. The molecule has 0 amide bonds. The lowest BCUT2D eigenvalue weighted by atomic mass is 10.2. The lowest BCUT2D eigenvalue weighted by Crippen LogP contribution is -1.88. The zero-order chi connectivity index (χ0) is 10.8. The molecule has 0 fully saturated rings. The van der Waals surface area contributed by atoms with Crippen molar-refractivity contribution in [3.63, 3.8) is 0 Å². The van der Waals surface area contributed by atoms with Gasteiger partial charge in [-0.05, 0) is 17.1 Å². The van der Waals surface area contributed by atoms with Crippen LogP contribution in [-0.2, 0) is 0 Å². The van der Waals surface area contributed by atoms with E-state index in [9.17, 15) is 14.5 Å². The van der Waals surface area contributed by atoms with Crippen LogP contribution in [0.15, 0.2) is 30.5 Å². The number of hydrogen-bond acceptors (Lipinski definition) is 3. The Morgan fingerprint density at radius 3 is 2.73 bits per heavy atom. The number of imidazole rings is 1. The summed E-state index contributed by atoms with van der Waals surface area (Å²) in [6, 6.07) is 5.94. The molecular weight excluding hydrogens is 201 g/mol. The van der Waals surface area contributed by atoms with Crippen LogP contribution < -0.4 is 0 Å². The van der Waals surface area contributed by atoms with E-state index in [-0.39, 0.29) is 17.2 Å². The number of halogens is 1. The van der Waals surface area contributed by atoms with Gasteiger partial charge in [0.25, 0.3) is 0 Å². The molecule has 0 aliphatic heterocycles. The number of aromatic nitrogens is 2. The van der Waals surface area contributed by atoms with E-state index in [1.807, 2.05) is 0 Å². The minimum atomic E-state index is -0.614. The quantitative estimate of drug-likeness (QED) is 0.605. The second-order valence-corrected chi connectivity index (χ2v) is 2.85. The Kier molecular flexibility index (Phi) is 2.17. The van der Waals surface area contributed by atoms with Gasteiger partial charge in [0, 0.05) is 0 Å². The van der Waals surface area contributed by atoms with E-state index in [1.165, 1.54) is 18.2 Å². The molecule has 5 nitrogen and oxygen atoms in total. The van der Waals surface area contributed by atoms with Crippen LogP contribution in [0.3, 0.4) is 0 Å². The average Bonchev–Trinajstić information content (AvgIpc) is 2.67. The third-order valence-corrected chi connectivity index (χ3v) is 1.89. The monoisotopic (exact) mass is 207 g/mol. The summed E-state index contributed by atoms with van der Waals surface area (Å²) >= 11 is 0. The van der Waals surface area contributed by atoms with Crippen LogP contribution >= 0.6 is 0 Å².